The molecule has 0 spiro atoms. The molecule has 2 rings (SSSR count). The smallest absolute Gasteiger partial charge is 0.165 e. The Hall–Kier alpha value is -0.910. The second kappa shape index (κ2) is 6.31. The number of methoxy groups -OCH3 is 1. The molecule has 0 aliphatic heterocycles. The molecule has 0 bridgehead atoms. The summed E-state index contributed by atoms with van der Waals surface area (Å²) in [6, 6.07) is 7.90. The van der Waals surface area contributed by atoms with Crippen molar-refractivity contribution in [2.45, 2.75) is 12.4 Å². The van der Waals surface area contributed by atoms with Crippen LogP contribution in [-0.2, 0) is 17.2 Å². The van der Waals surface area contributed by atoms with E-state index in [4.69, 9.17) is 16.3 Å². The van der Waals surface area contributed by atoms with E-state index in [1.807, 2.05) is 28.8 Å². The molecule has 0 radical (unpaired) electrons. The lowest BCUT2D eigenvalue weighted by atomic mass is 10.2. The van der Waals surface area contributed by atoms with Crippen molar-refractivity contribution in [2.75, 3.05) is 13.7 Å². The Morgan fingerprint density at radius 1 is 1.33 bits per heavy atom. The SMILES string of the molecule is COCCn1c(CCl)nnc1-c1ccccc1Br. The molecule has 1 heterocycles. The molecular formula is C12H13BrClN3O. The maximum absolute atomic E-state index is 5.88. The number of hydrogen-bond donors (Lipinski definition) is 0. The van der Waals surface area contributed by atoms with Gasteiger partial charge < -0.3 is 9.30 Å². The first-order valence-electron chi connectivity index (χ1n) is 5.49. The Kier molecular flexibility index (Phi) is 4.74. The van der Waals surface area contributed by atoms with Crippen LogP contribution in [0.15, 0.2) is 28.7 Å². The van der Waals surface area contributed by atoms with Gasteiger partial charge in [-0.05, 0) is 6.07 Å². The number of hydrogen-bond acceptors (Lipinski definition) is 3. The summed E-state index contributed by atoms with van der Waals surface area (Å²) in [5, 5.41) is 8.32. The van der Waals surface area contributed by atoms with Gasteiger partial charge in [0.15, 0.2) is 5.82 Å². The van der Waals surface area contributed by atoms with Crippen LogP contribution in [-0.4, -0.2) is 28.5 Å². The molecule has 0 saturated heterocycles. The third-order valence-corrected chi connectivity index (χ3v) is 3.51. The van der Waals surface area contributed by atoms with E-state index in [2.05, 4.69) is 26.1 Å². The summed E-state index contributed by atoms with van der Waals surface area (Å²) < 4.78 is 8.07. The van der Waals surface area contributed by atoms with Crippen LogP contribution < -0.4 is 0 Å². The molecule has 0 unspecified atom stereocenters. The third-order valence-electron chi connectivity index (χ3n) is 2.58. The Morgan fingerprint density at radius 3 is 2.78 bits per heavy atom. The van der Waals surface area contributed by atoms with Gasteiger partial charge in [-0.15, -0.1) is 21.8 Å². The van der Waals surface area contributed by atoms with Gasteiger partial charge >= 0.3 is 0 Å². The highest BCUT2D eigenvalue weighted by atomic mass is 79.9. The van der Waals surface area contributed by atoms with Crippen molar-refractivity contribution in [3.63, 3.8) is 0 Å². The molecule has 18 heavy (non-hydrogen) atoms. The molecule has 4 nitrogen and oxygen atoms in total. The minimum atomic E-state index is 0.334. The zero-order valence-corrected chi connectivity index (χ0v) is 12.3. The fraction of sp³-hybridized carbons (Fsp3) is 0.333. The summed E-state index contributed by atoms with van der Waals surface area (Å²) in [7, 11) is 1.67. The molecule has 0 aliphatic carbocycles. The molecular weight excluding hydrogens is 318 g/mol. The number of ether oxygens (including phenoxy) is 1. The Balaban J connectivity index is 2.44. The Bertz CT molecular complexity index is 530. The molecule has 2 aromatic rings. The van der Waals surface area contributed by atoms with E-state index < -0.39 is 0 Å². The fourth-order valence-corrected chi connectivity index (χ4v) is 2.35. The van der Waals surface area contributed by atoms with Crippen LogP contribution in [0.2, 0.25) is 0 Å². The van der Waals surface area contributed by atoms with E-state index in [9.17, 15) is 0 Å². The molecule has 1 aromatic carbocycles. The summed E-state index contributed by atoms with van der Waals surface area (Å²) in [5.41, 5.74) is 0.998. The van der Waals surface area contributed by atoms with E-state index in [-0.39, 0.29) is 0 Å². The monoisotopic (exact) mass is 329 g/mol. The third kappa shape index (κ3) is 2.74. The summed E-state index contributed by atoms with van der Waals surface area (Å²) in [5.74, 6) is 1.89. The zero-order valence-electron chi connectivity index (χ0n) is 9.94. The predicted molar refractivity (Wildman–Crippen MR) is 74.6 cm³/mol. The normalized spacial score (nSPS) is 10.8. The van der Waals surface area contributed by atoms with E-state index in [0.717, 1.165) is 21.7 Å². The van der Waals surface area contributed by atoms with Crippen molar-refractivity contribution in [1.29, 1.82) is 0 Å². The van der Waals surface area contributed by atoms with Crippen molar-refractivity contribution in [3.8, 4) is 11.4 Å². The Labute approximate surface area is 119 Å². The summed E-state index contributed by atoms with van der Waals surface area (Å²) >= 11 is 9.40. The topological polar surface area (TPSA) is 39.9 Å². The van der Waals surface area contributed by atoms with Gasteiger partial charge in [-0.25, -0.2) is 0 Å². The van der Waals surface area contributed by atoms with Crippen LogP contribution in [0.25, 0.3) is 11.4 Å². The lowest BCUT2D eigenvalue weighted by Gasteiger charge is -2.09. The van der Waals surface area contributed by atoms with Gasteiger partial charge in [0.05, 0.1) is 12.5 Å². The first-order valence-corrected chi connectivity index (χ1v) is 6.82. The molecule has 0 amide bonds. The molecule has 96 valence electrons. The van der Waals surface area contributed by atoms with Crippen LogP contribution >= 0.6 is 27.5 Å². The molecule has 0 N–H and O–H groups in total. The highest BCUT2D eigenvalue weighted by molar-refractivity contribution is 9.10. The second-order valence-corrected chi connectivity index (χ2v) is 4.82. The minimum Gasteiger partial charge on any atom is -0.383 e. The van der Waals surface area contributed by atoms with Crippen LogP contribution in [0, 0.1) is 0 Å². The number of aromatic nitrogens is 3. The molecule has 0 atom stereocenters. The summed E-state index contributed by atoms with van der Waals surface area (Å²) in [6.07, 6.45) is 0. The number of benzene rings is 1. The van der Waals surface area contributed by atoms with Gasteiger partial charge in [0.25, 0.3) is 0 Å². The number of nitrogens with zero attached hydrogens (tertiary/aromatic N) is 3. The van der Waals surface area contributed by atoms with Gasteiger partial charge in [0, 0.05) is 23.7 Å². The maximum Gasteiger partial charge on any atom is 0.165 e. The minimum absolute atomic E-state index is 0.334. The maximum atomic E-state index is 5.88. The van der Waals surface area contributed by atoms with Gasteiger partial charge in [-0.1, -0.05) is 34.1 Å². The fourth-order valence-electron chi connectivity index (χ4n) is 1.69. The van der Waals surface area contributed by atoms with Crippen LogP contribution in [0.5, 0.6) is 0 Å². The lowest BCUT2D eigenvalue weighted by Crippen LogP contribution is -2.09. The van der Waals surface area contributed by atoms with Gasteiger partial charge in [0.2, 0.25) is 0 Å². The predicted octanol–water partition coefficient (Wildman–Crippen LogP) is 3.09. The average Bonchev–Trinajstić information content (AvgIpc) is 2.79. The van der Waals surface area contributed by atoms with E-state index in [1.54, 1.807) is 7.11 Å². The summed E-state index contributed by atoms with van der Waals surface area (Å²) in [6.45, 7) is 1.28. The first-order chi connectivity index (χ1) is 8.77. The van der Waals surface area contributed by atoms with Crippen LogP contribution in [0.1, 0.15) is 5.82 Å². The van der Waals surface area contributed by atoms with Crippen LogP contribution in [0.3, 0.4) is 0 Å². The molecule has 0 fully saturated rings. The van der Waals surface area contributed by atoms with Gasteiger partial charge in [-0.3, -0.25) is 0 Å². The number of halogens is 2. The van der Waals surface area contributed by atoms with Gasteiger partial charge in [-0.2, -0.15) is 0 Å². The van der Waals surface area contributed by atoms with Crippen molar-refractivity contribution < 1.29 is 4.74 Å². The molecule has 0 aliphatic rings. The van der Waals surface area contributed by atoms with Crippen molar-refractivity contribution >= 4 is 27.5 Å². The van der Waals surface area contributed by atoms with Crippen molar-refractivity contribution in [1.82, 2.24) is 14.8 Å². The number of alkyl halides is 1. The van der Waals surface area contributed by atoms with Crippen molar-refractivity contribution in [2.24, 2.45) is 0 Å². The largest absolute Gasteiger partial charge is 0.383 e. The molecule has 0 saturated carbocycles. The lowest BCUT2D eigenvalue weighted by molar-refractivity contribution is 0.187. The second-order valence-electron chi connectivity index (χ2n) is 3.70. The molecule has 1 aromatic heterocycles. The van der Waals surface area contributed by atoms with Crippen molar-refractivity contribution in [3.05, 3.63) is 34.6 Å². The van der Waals surface area contributed by atoms with Crippen LogP contribution in [0.4, 0.5) is 0 Å². The molecule has 6 heteroatoms. The highest BCUT2D eigenvalue weighted by Crippen LogP contribution is 2.27. The standard InChI is InChI=1S/C12H13BrClN3O/c1-18-7-6-17-11(8-14)15-16-12(17)9-4-2-3-5-10(9)13/h2-5H,6-8H2,1H3. The average molecular weight is 331 g/mol. The highest BCUT2D eigenvalue weighted by Gasteiger charge is 2.14. The Morgan fingerprint density at radius 2 is 2.11 bits per heavy atom. The quantitative estimate of drug-likeness (QED) is 0.791. The zero-order chi connectivity index (χ0) is 13.0. The van der Waals surface area contributed by atoms with E-state index in [0.29, 0.717) is 19.0 Å². The van der Waals surface area contributed by atoms with E-state index >= 15 is 0 Å². The van der Waals surface area contributed by atoms with E-state index in [1.165, 1.54) is 0 Å². The van der Waals surface area contributed by atoms with Gasteiger partial charge in [0.1, 0.15) is 5.82 Å². The first kappa shape index (κ1) is 13.5. The summed E-state index contributed by atoms with van der Waals surface area (Å²) in [4.78, 5) is 0. The number of rotatable bonds is 5.